The van der Waals surface area contributed by atoms with E-state index in [0.29, 0.717) is 6.54 Å². The van der Waals surface area contributed by atoms with Crippen LogP contribution in [-0.2, 0) is 16.0 Å². The van der Waals surface area contributed by atoms with Gasteiger partial charge < -0.3 is 10.2 Å². The number of unbranched alkanes of at least 4 members (excludes halogenated alkanes) is 2. The second kappa shape index (κ2) is 7.25. The summed E-state index contributed by atoms with van der Waals surface area (Å²) in [7, 11) is 0. The Morgan fingerprint density at radius 1 is 1.29 bits per heavy atom. The van der Waals surface area contributed by atoms with Gasteiger partial charge in [0.2, 0.25) is 11.8 Å². The molecule has 0 bridgehead atoms. The second-order valence-corrected chi connectivity index (χ2v) is 5.68. The van der Waals surface area contributed by atoms with E-state index in [0.717, 1.165) is 31.4 Å². The van der Waals surface area contributed by atoms with Gasteiger partial charge in [-0.3, -0.25) is 9.59 Å². The van der Waals surface area contributed by atoms with Crippen molar-refractivity contribution >= 4 is 17.5 Å². The van der Waals surface area contributed by atoms with Crippen LogP contribution in [0.4, 0.5) is 5.69 Å². The number of nitrogens with zero attached hydrogens (tertiary/aromatic N) is 1. The van der Waals surface area contributed by atoms with Crippen LogP contribution in [0.25, 0.3) is 0 Å². The summed E-state index contributed by atoms with van der Waals surface area (Å²) >= 11 is 0. The number of hydrogen-bond donors (Lipinski definition) is 1. The molecule has 1 aliphatic rings. The first kappa shape index (κ1) is 15.5. The van der Waals surface area contributed by atoms with E-state index in [1.807, 2.05) is 31.2 Å². The molecule has 0 aliphatic carbocycles. The molecule has 1 N–H and O–H groups in total. The van der Waals surface area contributed by atoms with Crippen molar-refractivity contribution in [3.8, 4) is 0 Å². The number of anilines is 1. The van der Waals surface area contributed by atoms with Gasteiger partial charge in [0.1, 0.15) is 6.42 Å². The number of carbonyl (C=O) groups is 2. The van der Waals surface area contributed by atoms with Crippen molar-refractivity contribution in [3.63, 3.8) is 0 Å². The Morgan fingerprint density at radius 3 is 2.81 bits per heavy atom. The van der Waals surface area contributed by atoms with Crippen molar-refractivity contribution in [3.05, 3.63) is 29.8 Å². The minimum Gasteiger partial charge on any atom is -0.356 e. The first-order valence-electron chi connectivity index (χ1n) is 7.80. The van der Waals surface area contributed by atoms with Crippen LogP contribution >= 0.6 is 0 Å². The largest absolute Gasteiger partial charge is 0.356 e. The Morgan fingerprint density at radius 2 is 2.05 bits per heavy atom. The second-order valence-electron chi connectivity index (χ2n) is 5.68. The number of fused-ring (bicyclic) bond motifs is 1. The third-order valence-corrected chi connectivity index (χ3v) is 3.89. The van der Waals surface area contributed by atoms with Crippen LogP contribution in [0, 0.1) is 0 Å². The normalized spacial score (nSPS) is 16.7. The van der Waals surface area contributed by atoms with Crippen molar-refractivity contribution in [1.29, 1.82) is 0 Å². The molecular formula is C17H24N2O2. The first-order chi connectivity index (χ1) is 10.1. The standard InChI is InChI=1S/C17H24N2O2/c1-3-4-7-10-18-16(20)12-17(21)19-13(2)11-14-8-5-6-9-15(14)19/h5-6,8-9,13H,3-4,7,10-12H2,1-2H3,(H,18,20). The zero-order valence-corrected chi connectivity index (χ0v) is 12.9. The fraction of sp³-hybridized carbons (Fsp3) is 0.529. The summed E-state index contributed by atoms with van der Waals surface area (Å²) < 4.78 is 0. The van der Waals surface area contributed by atoms with Crippen molar-refractivity contribution in [2.45, 2.75) is 52.0 Å². The minimum absolute atomic E-state index is 0.0647. The first-order valence-corrected chi connectivity index (χ1v) is 7.80. The Balaban J connectivity index is 1.90. The van der Waals surface area contributed by atoms with E-state index in [4.69, 9.17) is 0 Å². The van der Waals surface area contributed by atoms with Crippen molar-refractivity contribution < 1.29 is 9.59 Å². The maximum absolute atomic E-state index is 12.4. The molecule has 114 valence electrons. The summed E-state index contributed by atoms with van der Waals surface area (Å²) in [5.41, 5.74) is 2.13. The molecule has 1 unspecified atom stereocenters. The number of carbonyl (C=O) groups excluding carboxylic acids is 2. The summed E-state index contributed by atoms with van der Waals surface area (Å²) in [4.78, 5) is 26.0. The van der Waals surface area contributed by atoms with E-state index in [1.165, 1.54) is 5.56 Å². The molecule has 1 aromatic rings. The van der Waals surface area contributed by atoms with E-state index >= 15 is 0 Å². The van der Waals surface area contributed by atoms with Gasteiger partial charge >= 0.3 is 0 Å². The van der Waals surface area contributed by atoms with Gasteiger partial charge in [-0.2, -0.15) is 0 Å². The van der Waals surface area contributed by atoms with Crippen LogP contribution in [-0.4, -0.2) is 24.4 Å². The maximum atomic E-state index is 12.4. The zero-order valence-electron chi connectivity index (χ0n) is 12.9. The van der Waals surface area contributed by atoms with E-state index in [2.05, 4.69) is 12.2 Å². The van der Waals surface area contributed by atoms with Gasteiger partial charge in [-0.25, -0.2) is 0 Å². The van der Waals surface area contributed by atoms with Gasteiger partial charge in [0.15, 0.2) is 0 Å². The lowest BCUT2D eigenvalue weighted by Crippen LogP contribution is -2.39. The summed E-state index contributed by atoms with van der Waals surface area (Å²) in [6.45, 7) is 4.81. The highest BCUT2D eigenvalue weighted by Gasteiger charge is 2.31. The summed E-state index contributed by atoms with van der Waals surface area (Å²) in [6.07, 6.45) is 3.99. The molecule has 4 nitrogen and oxygen atoms in total. The molecule has 1 aromatic carbocycles. The molecule has 2 amide bonds. The molecule has 0 radical (unpaired) electrons. The van der Waals surface area contributed by atoms with Gasteiger partial charge in [0, 0.05) is 18.3 Å². The molecular weight excluding hydrogens is 264 g/mol. The Kier molecular flexibility index (Phi) is 5.37. The van der Waals surface area contributed by atoms with Crippen LogP contribution in [0.1, 0.15) is 45.1 Å². The number of hydrogen-bond acceptors (Lipinski definition) is 2. The Bertz CT molecular complexity index is 513. The Labute approximate surface area is 126 Å². The fourth-order valence-corrected chi connectivity index (χ4v) is 2.83. The van der Waals surface area contributed by atoms with Crippen LogP contribution in [0.3, 0.4) is 0 Å². The molecule has 0 spiro atoms. The molecule has 0 aromatic heterocycles. The third-order valence-electron chi connectivity index (χ3n) is 3.89. The monoisotopic (exact) mass is 288 g/mol. The van der Waals surface area contributed by atoms with E-state index in [1.54, 1.807) is 4.90 Å². The predicted molar refractivity (Wildman–Crippen MR) is 84.2 cm³/mol. The van der Waals surface area contributed by atoms with E-state index in [9.17, 15) is 9.59 Å². The van der Waals surface area contributed by atoms with Crippen molar-refractivity contribution in [2.75, 3.05) is 11.4 Å². The average Bonchev–Trinajstić information content (AvgIpc) is 2.79. The molecule has 1 atom stereocenters. The van der Waals surface area contributed by atoms with Crippen molar-refractivity contribution in [2.24, 2.45) is 0 Å². The van der Waals surface area contributed by atoms with Crippen LogP contribution in [0.2, 0.25) is 0 Å². The highest BCUT2D eigenvalue weighted by molar-refractivity contribution is 6.06. The van der Waals surface area contributed by atoms with Gasteiger partial charge in [0.25, 0.3) is 0 Å². The summed E-state index contributed by atoms with van der Waals surface area (Å²) in [5, 5.41) is 2.82. The molecule has 0 saturated carbocycles. The van der Waals surface area contributed by atoms with Gasteiger partial charge in [-0.15, -0.1) is 0 Å². The van der Waals surface area contributed by atoms with Gasteiger partial charge in [0.05, 0.1) is 0 Å². The third kappa shape index (κ3) is 3.84. The minimum atomic E-state index is -0.173. The lowest BCUT2D eigenvalue weighted by molar-refractivity contribution is -0.128. The topological polar surface area (TPSA) is 49.4 Å². The van der Waals surface area contributed by atoms with Gasteiger partial charge in [-0.05, 0) is 31.4 Å². The quantitative estimate of drug-likeness (QED) is 0.646. The maximum Gasteiger partial charge on any atom is 0.236 e. The number of para-hydroxylation sites is 1. The summed E-state index contributed by atoms with van der Waals surface area (Å²) in [6, 6.07) is 8.05. The molecule has 21 heavy (non-hydrogen) atoms. The van der Waals surface area contributed by atoms with E-state index < -0.39 is 0 Å². The molecule has 0 saturated heterocycles. The number of nitrogens with one attached hydrogen (secondary N) is 1. The fourth-order valence-electron chi connectivity index (χ4n) is 2.83. The SMILES string of the molecule is CCCCCNC(=O)CC(=O)N1c2ccccc2CC1C. The molecule has 2 rings (SSSR count). The molecule has 0 fully saturated rings. The van der Waals surface area contributed by atoms with Crippen LogP contribution in [0.15, 0.2) is 24.3 Å². The van der Waals surface area contributed by atoms with Crippen molar-refractivity contribution in [1.82, 2.24) is 5.32 Å². The molecule has 4 heteroatoms. The smallest absolute Gasteiger partial charge is 0.236 e. The van der Waals surface area contributed by atoms with Gasteiger partial charge in [-0.1, -0.05) is 38.0 Å². The average molecular weight is 288 g/mol. The number of benzene rings is 1. The summed E-state index contributed by atoms with van der Waals surface area (Å²) in [5.74, 6) is -0.284. The Hall–Kier alpha value is -1.84. The van der Waals surface area contributed by atoms with E-state index in [-0.39, 0.29) is 24.3 Å². The number of amides is 2. The number of rotatable bonds is 6. The lowest BCUT2D eigenvalue weighted by Gasteiger charge is -2.22. The van der Waals surface area contributed by atoms with Crippen LogP contribution < -0.4 is 10.2 Å². The molecule has 1 aliphatic heterocycles. The zero-order chi connectivity index (χ0) is 15.2. The molecule has 1 heterocycles. The lowest BCUT2D eigenvalue weighted by atomic mass is 10.1. The predicted octanol–water partition coefficient (Wildman–Crippen LogP) is 2.66. The highest BCUT2D eigenvalue weighted by Crippen LogP contribution is 2.32. The highest BCUT2D eigenvalue weighted by atomic mass is 16.2. The van der Waals surface area contributed by atoms with Crippen LogP contribution in [0.5, 0.6) is 0 Å².